The number of nitrogens with zero attached hydrogens (tertiary/aromatic N) is 2. The summed E-state index contributed by atoms with van der Waals surface area (Å²) >= 11 is 5.07. The van der Waals surface area contributed by atoms with Gasteiger partial charge < -0.3 is 4.74 Å². The first-order valence-electron chi connectivity index (χ1n) is 4.63. The molecule has 13 heteroatoms. The zero-order valence-electron chi connectivity index (χ0n) is 9.24. The van der Waals surface area contributed by atoms with Crippen molar-refractivity contribution < 1.29 is 44.3 Å². The number of aromatic nitrogens is 2. The number of alkyl halides is 9. The minimum Gasteiger partial charge on any atom is -0.455 e. The standard InChI is InChI=1S/C8H2ClF9N2O/c9-2-1-3(20-5(19-2)8(16,17)18)21-4(6(10,11)12)7(13,14)15/h1,4H. The second-order valence-electron chi connectivity index (χ2n) is 3.43. The summed E-state index contributed by atoms with van der Waals surface area (Å²) in [6.07, 6.45) is -21.4. The Morgan fingerprint density at radius 1 is 0.905 bits per heavy atom. The van der Waals surface area contributed by atoms with Gasteiger partial charge in [0.25, 0.3) is 6.10 Å². The van der Waals surface area contributed by atoms with Crippen LogP contribution in [0.4, 0.5) is 39.5 Å². The lowest BCUT2D eigenvalue weighted by molar-refractivity contribution is -0.300. The number of hydrogen-bond acceptors (Lipinski definition) is 3. The maximum absolute atomic E-state index is 12.3. The third-order valence-corrected chi connectivity index (χ3v) is 1.95. The molecule has 1 aromatic rings. The van der Waals surface area contributed by atoms with Crippen LogP contribution in [0.1, 0.15) is 5.82 Å². The Bertz CT molecular complexity index is 496. The minimum atomic E-state index is -5.91. The normalized spacial score (nSPS) is 13.7. The lowest BCUT2D eigenvalue weighted by Gasteiger charge is -2.23. The van der Waals surface area contributed by atoms with Crippen LogP contribution in [0.5, 0.6) is 5.88 Å². The zero-order chi connectivity index (χ0) is 16.6. The molecule has 0 aliphatic heterocycles. The molecule has 3 nitrogen and oxygen atoms in total. The molecule has 0 saturated heterocycles. The first-order chi connectivity index (χ1) is 9.21. The highest BCUT2D eigenvalue weighted by atomic mass is 35.5. The highest BCUT2D eigenvalue weighted by Crippen LogP contribution is 2.37. The van der Waals surface area contributed by atoms with Crippen molar-refractivity contribution in [3.8, 4) is 5.88 Å². The van der Waals surface area contributed by atoms with Crippen molar-refractivity contribution in [2.75, 3.05) is 0 Å². The largest absolute Gasteiger partial charge is 0.455 e. The van der Waals surface area contributed by atoms with Crippen molar-refractivity contribution in [2.24, 2.45) is 0 Å². The number of halogens is 10. The van der Waals surface area contributed by atoms with E-state index in [1.54, 1.807) is 0 Å². The molecule has 0 aromatic carbocycles. The van der Waals surface area contributed by atoms with E-state index in [1.807, 2.05) is 0 Å². The molecule has 0 bridgehead atoms. The van der Waals surface area contributed by atoms with Crippen LogP contribution >= 0.6 is 11.6 Å². The third kappa shape index (κ3) is 4.79. The van der Waals surface area contributed by atoms with Gasteiger partial charge >= 0.3 is 18.5 Å². The topological polar surface area (TPSA) is 35.0 Å². The Labute approximate surface area is 114 Å². The summed E-state index contributed by atoms with van der Waals surface area (Å²) in [5.74, 6) is -3.64. The molecule has 0 spiro atoms. The third-order valence-electron chi connectivity index (χ3n) is 1.76. The molecule has 0 fully saturated rings. The fourth-order valence-electron chi connectivity index (χ4n) is 1.02. The van der Waals surface area contributed by atoms with E-state index in [0.29, 0.717) is 0 Å². The van der Waals surface area contributed by atoms with Gasteiger partial charge in [0.05, 0.1) is 0 Å². The van der Waals surface area contributed by atoms with Crippen LogP contribution < -0.4 is 4.74 Å². The summed E-state index contributed by atoms with van der Waals surface area (Å²) < 4.78 is 113. The summed E-state index contributed by atoms with van der Waals surface area (Å²) in [6, 6.07) is 0.196. The summed E-state index contributed by atoms with van der Waals surface area (Å²) in [4.78, 5) is 5.05. The molecule has 0 aliphatic carbocycles. The zero-order valence-corrected chi connectivity index (χ0v) is 9.99. The second-order valence-corrected chi connectivity index (χ2v) is 3.82. The first-order valence-corrected chi connectivity index (χ1v) is 5.01. The van der Waals surface area contributed by atoms with Crippen LogP contribution in [0.3, 0.4) is 0 Å². The van der Waals surface area contributed by atoms with E-state index in [1.165, 1.54) is 0 Å². The predicted octanol–water partition coefficient (Wildman–Crippen LogP) is 4.02. The van der Waals surface area contributed by atoms with Crippen LogP contribution in [0.25, 0.3) is 0 Å². The summed E-state index contributed by atoms with van der Waals surface area (Å²) in [7, 11) is 0. The van der Waals surface area contributed by atoms with E-state index >= 15 is 0 Å². The highest BCUT2D eigenvalue weighted by molar-refractivity contribution is 6.29. The lowest BCUT2D eigenvalue weighted by Crippen LogP contribution is -2.46. The van der Waals surface area contributed by atoms with E-state index in [-0.39, 0.29) is 6.07 Å². The van der Waals surface area contributed by atoms with E-state index in [4.69, 9.17) is 11.6 Å². The van der Waals surface area contributed by atoms with Crippen LogP contribution in [-0.2, 0) is 6.18 Å². The van der Waals surface area contributed by atoms with Gasteiger partial charge in [-0.25, -0.2) is 4.98 Å². The molecule has 0 amide bonds. The second kappa shape index (κ2) is 5.39. The van der Waals surface area contributed by atoms with Gasteiger partial charge in [-0.1, -0.05) is 11.6 Å². The summed E-state index contributed by atoms with van der Waals surface area (Å²) in [6.45, 7) is 0. The van der Waals surface area contributed by atoms with Crippen molar-refractivity contribution >= 4 is 11.6 Å². The van der Waals surface area contributed by atoms with Crippen molar-refractivity contribution in [3.05, 3.63) is 17.0 Å². The fourth-order valence-corrected chi connectivity index (χ4v) is 1.20. The van der Waals surface area contributed by atoms with Gasteiger partial charge in [-0.15, -0.1) is 0 Å². The van der Waals surface area contributed by atoms with Crippen LogP contribution in [-0.4, -0.2) is 28.4 Å². The average molecular weight is 349 g/mol. The van der Waals surface area contributed by atoms with Crippen LogP contribution in [0, 0.1) is 0 Å². The monoisotopic (exact) mass is 348 g/mol. The quantitative estimate of drug-likeness (QED) is 0.598. The molecular formula is C8H2ClF9N2O. The molecule has 0 aliphatic rings. The van der Waals surface area contributed by atoms with Crippen molar-refractivity contribution in [1.82, 2.24) is 9.97 Å². The fraction of sp³-hybridized carbons (Fsp3) is 0.500. The molecule has 120 valence electrons. The van der Waals surface area contributed by atoms with Crippen molar-refractivity contribution in [1.29, 1.82) is 0 Å². The van der Waals surface area contributed by atoms with Gasteiger partial charge in [0, 0.05) is 6.07 Å². The number of hydrogen-bond donors (Lipinski definition) is 0. The van der Waals surface area contributed by atoms with Gasteiger partial charge in [0.1, 0.15) is 5.15 Å². The molecule has 0 saturated carbocycles. The minimum absolute atomic E-state index is 0.196. The van der Waals surface area contributed by atoms with Crippen LogP contribution in [0.15, 0.2) is 6.07 Å². The maximum Gasteiger partial charge on any atom is 0.451 e. The van der Waals surface area contributed by atoms with Crippen LogP contribution in [0.2, 0.25) is 5.15 Å². The predicted molar refractivity (Wildman–Crippen MR) is 48.6 cm³/mol. The lowest BCUT2D eigenvalue weighted by atomic mass is 10.3. The molecule has 1 rings (SSSR count). The smallest absolute Gasteiger partial charge is 0.451 e. The molecule has 0 atom stereocenters. The number of rotatable bonds is 2. The molecule has 0 N–H and O–H groups in total. The summed E-state index contributed by atoms with van der Waals surface area (Å²) in [5, 5.41) is -1.03. The number of ether oxygens (including phenoxy) is 1. The Morgan fingerprint density at radius 2 is 1.38 bits per heavy atom. The van der Waals surface area contributed by atoms with E-state index in [9.17, 15) is 39.5 Å². The first kappa shape index (κ1) is 17.6. The van der Waals surface area contributed by atoms with Gasteiger partial charge in [-0.2, -0.15) is 44.5 Å². The molecule has 1 heterocycles. The van der Waals surface area contributed by atoms with Crippen molar-refractivity contribution in [3.63, 3.8) is 0 Å². The van der Waals surface area contributed by atoms with Crippen molar-refractivity contribution in [2.45, 2.75) is 24.6 Å². The Hall–Kier alpha value is -1.46. The summed E-state index contributed by atoms with van der Waals surface area (Å²) in [5.41, 5.74) is 0. The van der Waals surface area contributed by atoms with Gasteiger partial charge in [0.2, 0.25) is 11.7 Å². The molecule has 0 unspecified atom stereocenters. The molecule has 21 heavy (non-hydrogen) atoms. The van der Waals surface area contributed by atoms with E-state index < -0.39 is 41.5 Å². The average Bonchev–Trinajstić information content (AvgIpc) is 2.20. The van der Waals surface area contributed by atoms with Gasteiger partial charge in [-0.05, 0) is 0 Å². The van der Waals surface area contributed by atoms with Gasteiger partial charge in [-0.3, -0.25) is 0 Å². The van der Waals surface area contributed by atoms with E-state index in [2.05, 4.69) is 14.7 Å². The SMILES string of the molecule is FC(F)(F)c1nc(Cl)cc(OC(C(F)(F)F)C(F)(F)F)n1. The molecule has 1 aromatic heterocycles. The Balaban J connectivity index is 3.20. The molecular weight excluding hydrogens is 347 g/mol. The molecule has 0 radical (unpaired) electrons. The maximum atomic E-state index is 12.3. The Kier molecular flexibility index (Phi) is 4.51. The highest BCUT2D eigenvalue weighted by Gasteiger charge is 2.59. The Morgan fingerprint density at radius 3 is 1.76 bits per heavy atom. The van der Waals surface area contributed by atoms with Gasteiger partial charge in [0.15, 0.2) is 0 Å². The van der Waals surface area contributed by atoms with E-state index in [0.717, 1.165) is 0 Å².